The minimum absolute atomic E-state index is 0.117. The molecule has 4 rings (SSSR count). The van der Waals surface area contributed by atoms with Crippen molar-refractivity contribution < 1.29 is 9.84 Å². The zero-order chi connectivity index (χ0) is 21.6. The highest BCUT2D eigenvalue weighted by Crippen LogP contribution is 2.35. The first kappa shape index (κ1) is 20.9. The fraction of sp³-hybridized carbons (Fsp3) is 0.250. The number of anilines is 1. The molecular formula is C24H26N4O2S. The highest BCUT2D eigenvalue weighted by atomic mass is 32.1. The van der Waals surface area contributed by atoms with Crippen molar-refractivity contribution in [3.63, 3.8) is 0 Å². The molecule has 0 spiro atoms. The highest BCUT2D eigenvalue weighted by molar-refractivity contribution is 7.15. The van der Waals surface area contributed by atoms with Gasteiger partial charge in [-0.15, -0.1) is 11.3 Å². The fourth-order valence-electron chi connectivity index (χ4n) is 3.37. The number of hydrogen-bond acceptors (Lipinski definition) is 6. The third-order valence-electron chi connectivity index (χ3n) is 5.05. The molecule has 0 fully saturated rings. The molecule has 0 saturated heterocycles. The molecule has 0 aliphatic heterocycles. The summed E-state index contributed by atoms with van der Waals surface area (Å²) in [6.45, 7) is 3.88. The van der Waals surface area contributed by atoms with E-state index in [9.17, 15) is 5.11 Å². The van der Waals surface area contributed by atoms with E-state index in [2.05, 4.69) is 46.1 Å². The van der Waals surface area contributed by atoms with Crippen LogP contribution in [0.4, 0.5) is 5.82 Å². The maximum absolute atomic E-state index is 9.96. The predicted octanol–water partition coefficient (Wildman–Crippen LogP) is 5.45. The lowest BCUT2D eigenvalue weighted by molar-refractivity contribution is 0.373. The van der Waals surface area contributed by atoms with Gasteiger partial charge in [0, 0.05) is 40.8 Å². The lowest BCUT2D eigenvalue weighted by Gasteiger charge is -2.12. The lowest BCUT2D eigenvalue weighted by atomic mass is 10.1. The molecule has 0 bridgehead atoms. The van der Waals surface area contributed by atoms with E-state index in [0.717, 1.165) is 48.6 Å². The van der Waals surface area contributed by atoms with Gasteiger partial charge >= 0.3 is 0 Å². The van der Waals surface area contributed by atoms with Crippen molar-refractivity contribution in [2.24, 2.45) is 0 Å². The van der Waals surface area contributed by atoms with Gasteiger partial charge in [0.1, 0.15) is 5.82 Å². The number of nitrogens with zero attached hydrogens (tertiary/aromatic N) is 3. The molecule has 0 unspecified atom stereocenters. The number of aromatic nitrogens is 3. The molecule has 0 atom stereocenters. The number of methoxy groups -OCH3 is 1. The average molecular weight is 435 g/mol. The maximum atomic E-state index is 9.96. The number of aromatic hydroxyl groups is 1. The van der Waals surface area contributed by atoms with Crippen molar-refractivity contribution in [1.29, 1.82) is 0 Å². The molecular weight excluding hydrogens is 408 g/mol. The Kier molecular flexibility index (Phi) is 6.52. The summed E-state index contributed by atoms with van der Waals surface area (Å²) >= 11 is 1.80. The predicted molar refractivity (Wildman–Crippen MR) is 126 cm³/mol. The van der Waals surface area contributed by atoms with Crippen molar-refractivity contribution in [2.75, 3.05) is 19.0 Å². The van der Waals surface area contributed by atoms with Crippen LogP contribution in [0.5, 0.6) is 11.5 Å². The fourth-order valence-corrected chi connectivity index (χ4v) is 4.30. The number of nitrogens with one attached hydrogen (secondary N) is 1. The van der Waals surface area contributed by atoms with Gasteiger partial charge in [-0.05, 0) is 60.9 Å². The summed E-state index contributed by atoms with van der Waals surface area (Å²) in [6.07, 6.45) is 7.58. The Hall–Kier alpha value is -3.32. The summed E-state index contributed by atoms with van der Waals surface area (Å²) < 4.78 is 7.35. The van der Waals surface area contributed by atoms with Gasteiger partial charge in [-0.3, -0.25) is 0 Å². The van der Waals surface area contributed by atoms with Crippen molar-refractivity contribution in [3.8, 4) is 33.2 Å². The summed E-state index contributed by atoms with van der Waals surface area (Å²) in [5.41, 5.74) is 2.85. The number of thiophene rings is 1. The van der Waals surface area contributed by atoms with Crippen LogP contribution in [0, 0.1) is 0 Å². The van der Waals surface area contributed by atoms with Gasteiger partial charge in [0.05, 0.1) is 19.1 Å². The third kappa shape index (κ3) is 5.06. The van der Waals surface area contributed by atoms with E-state index >= 15 is 0 Å². The van der Waals surface area contributed by atoms with Crippen LogP contribution in [-0.2, 0) is 13.0 Å². The molecule has 31 heavy (non-hydrogen) atoms. The summed E-state index contributed by atoms with van der Waals surface area (Å²) in [5.74, 6) is 1.38. The molecule has 7 heteroatoms. The van der Waals surface area contributed by atoms with Gasteiger partial charge < -0.3 is 19.7 Å². The van der Waals surface area contributed by atoms with E-state index in [1.807, 2.05) is 24.7 Å². The molecule has 0 aliphatic carbocycles. The van der Waals surface area contributed by atoms with Crippen molar-refractivity contribution in [1.82, 2.24) is 14.5 Å². The largest absolute Gasteiger partial charge is 0.504 e. The monoisotopic (exact) mass is 434 g/mol. The quantitative estimate of drug-likeness (QED) is 0.343. The molecule has 0 saturated carbocycles. The van der Waals surface area contributed by atoms with Gasteiger partial charge in [-0.2, -0.15) is 0 Å². The first-order chi connectivity index (χ1) is 15.2. The number of pyridine rings is 1. The van der Waals surface area contributed by atoms with E-state index in [4.69, 9.17) is 9.72 Å². The Bertz CT molecular complexity index is 1140. The SMILES string of the molecule is CCc1ccc(-c2cc(NCCCn3ccnc3)nc(-c3ccc(O)c(OC)c3)c2)s1. The molecule has 6 nitrogen and oxygen atoms in total. The number of rotatable bonds is 9. The molecule has 4 aromatic rings. The van der Waals surface area contributed by atoms with Crippen LogP contribution in [0.15, 0.2) is 61.2 Å². The third-order valence-corrected chi connectivity index (χ3v) is 6.33. The average Bonchev–Trinajstić information content (AvgIpc) is 3.49. The number of phenolic OH excluding ortho intramolecular Hbond substituents is 1. The standard InChI is InChI=1S/C24H26N4O2S/c1-3-19-6-8-23(31-19)18-13-20(17-5-7-21(29)22(14-17)30-2)27-24(15-18)26-9-4-11-28-12-10-25-16-28/h5-8,10,12-16,29H,3-4,9,11H2,1-2H3,(H,26,27). The van der Waals surface area contributed by atoms with E-state index < -0.39 is 0 Å². The minimum atomic E-state index is 0.117. The summed E-state index contributed by atoms with van der Waals surface area (Å²) in [5, 5.41) is 13.4. The van der Waals surface area contributed by atoms with Gasteiger partial charge in [0.2, 0.25) is 0 Å². The van der Waals surface area contributed by atoms with Gasteiger partial charge in [-0.25, -0.2) is 9.97 Å². The smallest absolute Gasteiger partial charge is 0.161 e. The second-order valence-electron chi connectivity index (χ2n) is 7.21. The van der Waals surface area contributed by atoms with Crippen molar-refractivity contribution >= 4 is 17.2 Å². The van der Waals surface area contributed by atoms with Crippen LogP contribution < -0.4 is 10.1 Å². The molecule has 3 heterocycles. The summed E-state index contributed by atoms with van der Waals surface area (Å²) in [6, 6.07) is 13.9. The van der Waals surface area contributed by atoms with Gasteiger partial charge in [0.15, 0.2) is 11.5 Å². The van der Waals surface area contributed by atoms with Crippen molar-refractivity contribution in [2.45, 2.75) is 26.3 Å². The number of imidazole rings is 1. The molecule has 0 aliphatic rings. The highest BCUT2D eigenvalue weighted by Gasteiger charge is 2.11. The second-order valence-corrected chi connectivity index (χ2v) is 8.38. The number of benzene rings is 1. The van der Waals surface area contributed by atoms with Crippen LogP contribution >= 0.6 is 11.3 Å². The number of hydrogen-bond donors (Lipinski definition) is 2. The summed E-state index contributed by atoms with van der Waals surface area (Å²) in [4.78, 5) is 11.5. The normalized spacial score (nSPS) is 10.9. The zero-order valence-corrected chi connectivity index (χ0v) is 18.5. The molecule has 0 amide bonds. The maximum Gasteiger partial charge on any atom is 0.161 e. The van der Waals surface area contributed by atoms with Crippen LogP contribution in [0.25, 0.3) is 21.7 Å². The van der Waals surface area contributed by atoms with Crippen LogP contribution in [-0.4, -0.2) is 33.3 Å². The molecule has 1 aromatic carbocycles. The van der Waals surface area contributed by atoms with E-state index in [1.165, 1.54) is 9.75 Å². The Morgan fingerprint density at radius 2 is 2.03 bits per heavy atom. The van der Waals surface area contributed by atoms with Crippen LogP contribution in [0.1, 0.15) is 18.2 Å². The van der Waals surface area contributed by atoms with Crippen molar-refractivity contribution in [3.05, 3.63) is 66.1 Å². The summed E-state index contributed by atoms with van der Waals surface area (Å²) in [7, 11) is 1.55. The number of ether oxygens (including phenoxy) is 1. The van der Waals surface area contributed by atoms with Gasteiger partial charge in [0.25, 0.3) is 0 Å². The van der Waals surface area contributed by atoms with Crippen LogP contribution in [0.2, 0.25) is 0 Å². The van der Waals surface area contributed by atoms with Gasteiger partial charge in [-0.1, -0.05) is 6.92 Å². The first-order valence-corrected chi connectivity index (χ1v) is 11.2. The lowest BCUT2D eigenvalue weighted by Crippen LogP contribution is -2.07. The Balaban J connectivity index is 1.61. The van der Waals surface area contributed by atoms with E-state index in [0.29, 0.717) is 5.75 Å². The number of phenols is 1. The zero-order valence-electron chi connectivity index (χ0n) is 17.7. The Morgan fingerprint density at radius 1 is 1.13 bits per heavy atom. The minimum Gasteiger partial charge on any atom is -0.504 e. The Morgan fingerprint density at radius 3 is 2.77 bits per heavy atom. The molecule has 0 radical (unpaired) electrons. The van der Waals surface area contributed by atoms with E-state index in [-0.39, 0.29) is 5.75 Å². The molecule has 160 valence electrons. The number of aryl methyl sites for hydroxylation is 2. The topological polar surface area (TPSA) is 72.2 Å². The first-order valence-electron chi connectivity index (χ1n) is 10.3. The van der Waals surface area contributed by atoms with Crippen LogP contribution in [0.3, 0.4) is 0 Å². The molecule has 3 aromatic heterocycles. The Labute approximate surface area is 186 Å². The second kappa shape index (κ2) is 9.66. The molecule has 2 N–H and O–H groups in total. The van der Waals surface area contributed by atoms with E-state index in [1.54, 1.807) is 30.7 Å².